The van der Waals surface area contributed by atoms with Gasteiger partial charge in [-0.05, 0) is 24.3 Å². The number of pyridine rings is 1. The average molecular weight is 339 g/mol. The Morgan fingerprint density at radius 1 is 1.16 bits per heavy atom. The maximum atomic E-state index is 12.4. The van der Waals surface area contributed by atoms with Crippen molar-refractivity contribution in [1.29, 1.82) is 0 Å². The van der Waals surface area contributed by atoms with Crippen molar-refractivity contribution < 1.29 is 19.1 Å². The topological polar surface area (TPSA) is 80.8 Å². The monoisotopic (exact) mass is 339 g/mol. The van der Waals surface area contributed by atoms with Crippen molar-refractivity contribution in [2.24, 2.45) is 5.92 Å². The number of ether oxygens (including phenoxy) is 2. The standard InChI is InChI=1S/C18H17N3O4/c22-17-9-12(18(23)20-16-3-1-2-6-19-16)11-21(17)13-4-5-14-15(10-13)25-8-7-24-14/h1-6,10,12H,7-9,11H2,(H,19,20,23)/t12-/m0/s1. The first-order valence-corrected chi connectivity index (χ1v) is 8.12. The molecule has 0 unspecified atom stereocenters. The summed E-state index contributed by atoms with van der Waals surface area (Å²) in [6, 6.07) is 10.7. The molecule has 3 heterocycles. The van der Waals surface area contributed by atoms with E-state index in [1.165, 1.54) is 0 Å². The van der Waals surface area contributed by atoms with Crippen LogP contribution in [0.2, 0.25) is 0 Å². The van der Waals surface area contributed by atoms with Crippen molar-refractivity contribution in [3.8, 4) is 11.5 Å². The molecule has 2 aliphatic heterocycles. The zero-order chi connectivity index (χ0) is 17.2. The molecule has 0 bridgehead atoms. The van der Waals surface area contributed by atoms with Crippen molar-refractivity contribution in [2.45, 2.75) is 6.42 Å². The number of hydrogen-bond acceptors (Lipinski definition) is 5. The first kappa shape index (κ1) is 15.4. The predicted molar refractivity (Wildman–Crippen MR) is 90.8 cm³/mol. The van der Waals surface area contributed by atoms with E-state index in [-0.39, 0.29) is 18.2 Å². The fraction of sp³-hybridized carbons (Fsp3) is 0.278. The van der Waals surface area contributed by atoms with Gasteiger partial charge >= 0.3 is 0 Å². The second kappa shape index (κ2) is 6.43. The third-order valence-corrected chi connectivity index (χ3v) is 4.25. The molecule has 2 aromatic rings. The highest BCUT2D eigenvalue weighted by Crippen LogP contribution is 2.36. The molecule has 2 amide bonds. The van der Waals surface area contributed by atoms with Gasteiger partial charge in [-0.2, -0.15) is 0 Å². The lowest BCUT2D eigenvalue weighted by Gasteiger charge is -2.22. The number of nitrogens with one attached hydrogen (secondary N) is 1. The van der Waals surface area contributed by atoms with Crippen LogP contribution in [0.25, 0.3) is 0 Å². The van der Waals surface area contributed by atoms with E-state index >= 15 is 0 Å². The van der Waals surface area contributed by atoms with Crippen LogP contribution in [0, 0.1) is 5.92 Å². The Morgan fingerprint density at radius 2 is 2.00 bits per heavy atom. The van der Waals surface area contributed by atoms with Crippen LogP contribution in [0.5, 0.6) is 11.5 Å². The van der Waals surface area contributed by atoms with Crippen molar-refractivity contribution in [1.82, 2.24) is 4.98 Å². The molecule has 1 aromatic heterocycles. The maximum absolute atomic E-state index is 12.4. The summed E-state index contributed by atoms with van der Waals surface area (Å²) in [4.78, 5) is 30.4. The van der Waals surface area contributed by atoms with E-state index in [0.29, 0.717) is 42.8 Å². The van der Waals surface area contributed by atoms with Crippen LogP contribution in [0.15, 0.2) is 42.6 Å². The molecule has 0 aliphatic carbocycles. The van der Waals surface area contributed by atoms with Gasteiger partial charge in [0.1, 0.15) is 19.0 Å². The van der Waals surface area contributed by atoms with Gasteiger partial charge in [0, 0.05) is 30.9 Å². The Labute approximate surface area is 144 Å². The van der Waals surface area contributed by atoms with Gasteiger partial charge in [-0.1, -0.05) is 6.07 Å². The van der Waals surface area contributed by atoms with Gasteiger partial charge in [-0.25, -0.2) is 4.98 Å². The Bertz CT molecular complexity index is 809. The Balaban J connectivity index is 1.48. The number of anilines is 2. The largest absolute Gasteiger partial charge is 0.486 e. The van der Waals surface area contributed by atoms with Crippen LogP contribution in [0.3, 0.4) is 0 Å². The lowest BCUT2D eigenvalue weighted by Crippen LogP contribution is -2.28. The molecular weight excluding hydrogens is 322 g/mol. The maximum Gasteiger partial charge on any atom is 0.230 e. The number of carbonyl (C=O) groups is 2. The summed E-state index contributed by atoms with van der Waals surface area (Å²) in [7, 11) is 0. The Kier molecular flexibility index (Phi) is 3.97. The molecule has 0 spiro atoms. The minimum atomic E-state index is -0.414. The Morgan fingerprint density at radius 3 is 2.80 bits per heavy atom. The minimum absolute atomic E-state index is 0.0853. The van der Waals surface area contributed by atoms with Gasteiger partial charge in [-0.15, -0.1) is 0 Å². The Hall–Kier alpha value is -3.09. The SMILES string of the molecule is O=C(Nc1ccccn1)[C@H]1CC(=O)N(c2ccc3c(c2)OCCO3)C1. The predicted octanol–water partition coefficient (Wildman–Crippen LogP) is 1.84. The lowest BCUT2D eigenvalue weighted by molar-refractivity contribution is -0.122. The molecule has 1 fully saturated rings. The normalized spacial score (nSPS) is 19.0. The summed E-state index contributed by atoms with van der Waals surface area (Å²) in [6.07, 6.45) is 1.78. The van der Waals surface area contributed by atoms with E-state index < -0.39 is 5.92 Å². The van der Waals surface area contributed by atoms with Crippen molar-refractivity contribution in [3.63, 3.8) is 0 Å². The molecule has 0 saturated carbocycles. The van der Waals surface area contributed by atoms with E-state index in [0.717, 1.165) is 0 Å². The summed E-state index contributed by atoms with van der Waals surface area (Å²) in [5, 5.41) is 2.75. The van der Waals surface area contributed by atoms with Crippen molar-refractivity contribution in [3.05, 3.63) is 42.6 Å². The van der Waals surface area contributed by atoms with E-state index in [4.69, 9.17) is 9.47 Å². The van der Waals surface area contributed by atoms with Crippen LogP contribution in [-0.2, 0) is 9.59 Å². The summed E-state index contributed by atoms with van der Waals surface area (Å²) >= 11 is 0. The van der Waals surface area contributed by atoms with Crippen LogP contribution in [-0.4, -0.2) is 36.6 Å². The van der Waals surface area contributed by atoms with E-state index in [2.05, 4.69) is 10.3 Å². The summed E-state index contributed by atoms with van der Waals surface area (Å²) in [5.74, 6) is 1.08. The third kappa shape index (κ3) is 3.13. The van der Waals surface area contributed by atoms with Crippen LogP contribution in [0.1, 0.15) is 6.42 Å². The van der Waals surface area contributed by atoms with Gasteiger partial charge in [0.05, 0.1) is 5.92 Å². The number of amides is 2. The molecule has 128 valence electrons. The molecule has 4 rings (SSSR count). The molecule has 0 radical (unpaired) electrons. The summed E-state index contributed by atoms with van der Waals surface area (Å²) in [5.41, 5.74) is 0.711. The second-order valence-corrected chi connectivity index (χ2v) is 5.94. The van der Waals surface area contributed by atoms with E-state index in [1.54, 1.807) is 41.4 Å². The molecule has 1 atom stereocenters. The zero-order valence-electron chi connectivity index (χ0n) is 13.5. The number of nitrogens with zero attached hydrogens (tertiary/aromatic N) is 2. The van der Waals surface area contributed by atoms with Gasteiger partial charge in [0.15, 0.2) is 11.5 Å². The van der Waals surface area contributed by atoms with Crippen LogP contribution < -0.4 is 19.7 Å². The number of benzene rings is 1. The number of rotatable bonds is 3. The summed E-state index contributed by atoms with van der Waals surface area (Å²) in [6.45, 7) is 1.33. The smallest absolute Gasteiger partial charge is 0.230 e. The fourth-order valence-electron chi connectivity index (χ4n) is 3.00. The average Bonchev–Trinajstić information content (AvgIpc) is 3.04. The molecule has 25 heavy (non-hydrogen) atoms. The van der Waals surface area contributed by atoms with Crippen LogP contribution >= 0.6 is 0 Å². The quantitative estimate of drug-likeness (QED) is 0.923. The number of aromatic nitrogens is 1. The fourth-order valence-corrected chi connectivity index (χ4v) is 3.00. The molecule has 2 aliphatic rings. The van der Waals surface area contributed by atoms with Gasteiger partial charge in [0.25, 0.3) is 0 Å². The molecule has 1 aromatic carbocycles. The van der Waals surface area contributed by atoms with E-state index in [1.807, 2.05) is 6.07 Å². The van der Waals surface area contributed by atoms with Gasteiger partial charge in [0.2, 0.25) is 11.8 Å². The highest BCUT2D eigenvalue weighted by Gasteiger charge is 2.35. The van der Waals surface area contributed by atoms with Crippen LogP contribution in [0.4, 0.5) is 11.5 Å². The molecule has 1 N–H and O–H groups in total. The van der Waals surface area contributed by atoms with Gasteiger partial charge in [-0.3, -0.25) is 9.59 Å². The third-order valence-electron chi connectivity index (χ3n) is 4.25. The number of fused-ring (bicyclic) bond motifs is 1. The minimum Gasteiger partial charge on any atom is -0.486 e. The zero-order valence-corrected chi connectivity index (χ0v) is 13.5. The number of carbonyl (C=O) groups excluding carboxylic acids is 2. The highest BCUT2D eigenvalue weighted by atomic mass is 16.6. The molecule has 7 nitrogen and oxygen atoms in total. The summed E-state index contributed by atoms with van der Waals surface area (Å²) < 4.78 is 11.1. The van der Waals surface area contributed by atoms with Crippen molar-refractivity contribution in [2.75, 3.05) is 30.0 Å². The number of hydrogen-bond donors (Lipinski definition) is 1. The van der Waals surface area contributed by atoms with Gasteiger partial charge < -0.3 is 19.7 Å². The van der Waals surface area contributed by atoms with Crippen molar-refractivity contribution >= 4 is 23.3 Å². The first-order chi connectivity index (χ1) is 12.2. The highest BCUT2D eigenvalue weighted by molar-refractivity contribution is 6.03. The van der Waals surface area contributed by atoms with E-state index in [9.17, 15) is 9.59 Å². The molecule has 7 heteroatoms. The molecular formula is C18H17N3O4. The lowest BCUT2D eigenvalue weighted by atomic mass is 10.1. The molecule has 1 saturated heterocycles. The second-order valence-electron chi connectivity index (χ2n) is 5.94. The first-order valence-electron chi connectivity index (χ1n) is 8.12.